The fourth-order valence-electron chi connectivity index (χ4n) is 5.33. The van der Waals surface area contributed by atoms with E-state index in [1.165, 1.54) is 38.8 Å². The summed E-state index contributed by atoms with van der Waals surface area (Å²) in [4.78, 5) is 31.9. The van der Waals surface area contributed by atoms with E-state index in [0.29, 0.717) is 6.04 Å². The van der Waals surface area contributed by atoms with Gasteiger partial charge >= 0.3 is 0 Å². The van der Waals surface area contributed by atoms with E-state index < -0.39 is 0 Å². The summed E-state index contributed by atoms with van der Waals surface area (Å²) in [5.41, 5.74) is 2.58. The van der Waals surface area contributed by atoms with E-state index in [0.717, 1.165) is 61.9 Å². The Bertz CT molecular complexity index is 928. The first-order chi connectivity index (χ1) is 15.7. The summed E-state index contributed by atoms with van der Waals surface area (Å²) < 4.78 is 0. The monoisotopic (exact) mass is 434 g/mol. The topological polar surface area (TPSA) is 55.8 Å². The summed E-state index contributed by atoms with van der Waals surface area (Å²) in [5, 5.41) is 0. The number of hydrogen-bond donors (Lipinski definition) is 0. The predicted octanol–water partition coefficient (Wildman–Crippen LogP) is 2.60. The molecule has 170 valence electrons. The van der Waals surface area contributed by atoms with E-state index in [1.54, 1.807) is 12.4 Å². The SMILES string of the molecule is CN1CCC(N2CCN(C(=O)c3cccc(-c4nccnc4N4CCCC4)c3)CC2)CC1. The molecule has 1 aromatic heterocycles. The Kier molecular flexibility index (Phi) is 6.37. The first-order valence-corrected chi connectivity index (χ1v) is 12.1. The number of hydrogen-bond acceptors (Lipinski definition) is 6. The molecule has 0 spiro atoms. The van der Waals surface area contributed by atoms with Crippen LogP contribution in [-0.2, 0) is 0 Å². The lowest BCUT2D eigenvalue weighted by molar-refractivity contribution is 0.0475. The molecule has 3 saturated heterocycles. The molecule has 0 bridgehead atoms. The number of likely N-dealkylation sites (tertiary alicyclic amines) is 1. The van der Waals surface area contributed by atoms with Crippen LogP contribution >= 0.6 is 0 Å². The van der Waals surface area contributed by atoms with Crippen molar-refractivity contribution in [2.75, 3.05) is 64.3 Å². The zero-order valence-corrected chi connectivity index (χ0v) is 19.1. The van der Waals surface area contributed by atoms with Crippen LogP contribution in [0.3, 0.4) is 0 Å². The van der Waals surface area contributed by atoms with Gasteiger partial charge in [0.15, 0.2) is 5.82 Å². The third-order valence-corrected chi connectivity index (χ3v) is 7.27. The van der Waals surface area contributed by atoms with Crippen molar-refractivity contribution in [2.24, 2.45) is 0 Å². The number of carbonyl (C=O) groups is 1. The summed E-state index contributed by atoms with van der Waals surface area (Å²) in [7, 11) is 2.20. The molecule has 3 aliphatic heterocycles. The molecule has 7 nitrogen and oxygen atoms in total. The molecular formula is C25H34N6O. The van der Waals surface area contributed by atoms with Crippen molar-refractivity contribution in [1.82, 2.24) is 24.7 Å². The summed E-state index contributed by atoms with van der Waals surface area (Å²) in [6.45, 7) is 7.96. The van der Waals surface area contributed by atoms with Crippen molar-refractivity contribution < 1.29 is 4.79 Å². The second kappa shape index (κ2) is 9.55. The molecule has 2 aromatic rings. The van der Waals surface area contributed by atoms with Gasteiger partial charge in [0.1, 0.15) is 5.69 Å². The van der Waals surface area contributed by atoms with Gasteiger partial charge in [-0.05, 0) is 58.0 Å². The molecule has 0 radical (unpaired) electrons. The van der Waals surface area contributed by atoms with Crippen LogP contribution < -0.4 is 4.90 Å². The first kappa shape index (κ1) is 21.3. The molecule has 3 aliphatic rings. The van der Waals surface area contributed by atoms with Gasteiger partial charge in [-0.15, -0.1) is 0 Å². The minimum absolute atomic E-state index is 0.126. The fourth-order valence-corrected chi connectivity index (χ4v) is 5.33. The van der Waals surface area contributed by atoms with Crippen LogP contribution in [0.4, 0.5) is 5.82 Å². The smallest absolute Gasteiger partial charge is 0.253 e. The van der Waals surface area contributed by atoms with Gasteiger partial charge in [-0.1, -0.05) is 12.1 Å². The second-order valence-electron chi connectivity index (χ2n) is 9.37. The number of anilines is 1. The van der Waals surface area contributed by atoms with Gasteiger partial charge in [0.25, 0.3) is 5.91 Å². The van der Waals surface area contributed by atoms with E-state index in [1.807, 2.05) is 29.2 Å². The molecule has 0 atom stereocenters. The van der Waals surface area contributed by atoms with E-state index in [9.17, 15) is 4.79 Å². The molecule has 0 aliphatic carbocycles. The number of piperidine rings is 1. The molecule has 7 heteroatoms. The number of rotatable bonds is 4. The third-order valence-electron chi connectivity index (χ3n) is 7.27. The highest BCUT2D eigenvalue weighted by Gasteiger charge is 2.28. The van der Waals surface area contributed by atoms with Gasteiger partial charge in [-0.25, -0.2) is 4.98 Å². The zero-order chi connectivity index (χ0) is 21.9. The van der Waals surface area contributed by atoms with E-state index in [-0.39, 0.29) is 5.91 Å². The van der Waals surface area contributed by atoms with Crippen LogP contribution in [0.15, 0.2) is 36.7 Å². The van der Waals surface area contributed by atoms with E-state index in [2.05, 4.69) is 31.7 Å². The number of amides is 1. The average Bonchev–Trinajstić information content (AvgIpc) is 3.39. The Labute approximate surface area is 191 Å². The molecule has 0 unspecified atom stereocenters. The van der Waals surface area contributed by atoms with E-state index >= 15 is 0 Å². The van der Waals surface area contributed by atoms with E-state index in [4.69, 9.17) is 0 Å². The molecule has 1 aromatic carbocycles. The van der Waals surface area contributed by atoms with Gasteiger partial charge in [0, 0.05) is 68.8 Å². The normalized spacial score (nSPS) is 21.3. The summed E-state index contributed by atoms with van der Waals surface area (Å²) >= 11 is 0. The summed E-state index contributed by atoms with van der Waals surface area (Å²) in [6.07, 6.45) is 8.37. The third kappa shape index (κ3) is 4.50. The number of nitrogens with zero attached hydrogens (tertiary/aromatic N) is 6. The molecule has 32 heavy (non-hydrogen) atoms. The van der Waals surface area contributed by atoms with Crippen molar-refractivity contribution in [3.8, 4) is 11.3 Å². The maximum Gasteiger partial charge on any atom is 0.253 e. The minimum Gasteiger partial charge on any atom is -0.355 e. The molecule has 4 heterocycles. The Morgan fingerprint density at radius 2 is 1.62 bits per heavy atom. The minimum atomic E-state index is 0.126. The largest absolute Gasteiger partial charge is 0.355 e. The number of piperazine rings is 1. The standard InChI is InChI=1S/C25H34N6O/c1-28-13-7-22(8-14-28)29-15-17-31(18-16-29)25(32)21-6-4-5-20(19-21)23-24(27-10-9-26-23)30-11-2-3-12-30/h4-6,9-10,19,22H,2-3,7-8,11-18H2,1H3. The molecule has 0 N–H and O–H groups in total. The van der Waals surface area contributed by atoms with Crippen molar-refractivity contribution in [3.63, 3.8) is 0 Å². The number of carbonyl (C=O) groups excluding carboxylic acids is 1. The van der Waals surface area contributed by atoms with Crippen molar-refractivity contribution in [1.29, 1.82) is 0 Å². The van der Waals surface area contributed by atoms with Crippen LogP contribution in [0, 0.1) is 0 Å². The lowest BCUT2D eigenvalue weighted by Crippen LogP contribution is -2.54. The number of aromatic nitrogens is 2. The summed E-state index contributed by atoms with van der Waals surface area (Å²) in [5.74, 6) is 1.06. The Morgan fingerprint density at radius 3 is 2.38 bits per heavy atom. The highest BCUT2D eigenvalue weighted by molar-refractivity contribution is 5.95. The molecule has 1 amide bonds. The Morgan fingerprint density at radius 1 is 0.906 bits per heavy atom. The van der Waals surface area contributed by atoms with Crippen LogP contribution in [0.25, 0.3) is 11.3 Å². The van der Waals surface area contributed by atoms with Crippen molar-refractivity contribution in [2.45, 2.75) is 31.7 Å². The molecule has 3 fully saturated rings. The lowest BCUT2D eigenvalue weighted by atomic mass is 10.0. The molecule has 0 saturated carbocycles. The quantitative estimate of drug-likeness (QED) is 0.737. The van der Waals surface area contributed by atoms with Gasteiger partial charge in [0.2, 0.25) is 0 Å². The maximum atomic E-state index is 13.3. The number of benzene rings is 1. The highest BCUT2D eigenvalue weighted by atomic mass is 16.2. The van der Waals surface area contributed by atoms with Crippen molar-refractivity contribution >= 4 is 11.7 Å². The Balaban J connectivity index is 1.27. The van der Waals surface area contributed by atoms with Crippen LogP contribution in [0.1, 0.15) is 36.0 Å². The van der Waals surface area contributed by atoms with Crippen LogP contribution in [0.2, 0.25) is 0 Å². The zero-order valence-electron chi connectivity index (χ0n) is 19.1. The molecular weight excluding hydrogens is 400 g/mol. The van der Waals surface area contributed by atoms with Gasteiger partial charge in [-0.2, -0.15) is 0 Å². The van der Waals surface area contributed by atoms with Crippen LogP contribution in [0.5, 0.6) is 0 Å². The highest BCUT2D eigenvalue weighted by Crippen LogP contribution is 2.29. The van der Waals surface area contributed by atoms with Gasteiger partial charge in [0.05, 0.1) is 0 Å². The van der Waals surface area contributed by atoms with Gasteiger partial charge < -0.3 is 14.7 Å². The Hall–Kier alpha value is -2.51. The predicted molar refractivity (Wildman–Crippen MR) is 127 cm³/mol. The average molecular weight is 435 g/mol. The van der Waals surface area contributed by atoms with Crippen molar-refractivity contribution in [3.05, 3.63) is 42.2 Å². The first-order valence-electron chi connectivity index (χ1n) is 12.1. The summed E-state index contributed by atoms with van der Waals surface area (Å²) in [6, 6.07) is 8.61. The molecule has 5 rings (SSSR count). The van der Waals surface area contributed by atoms with Gasteiger partial charge in [-0.3, -0.25) is 14.7 Å². The second-order valence-corrected chi connectivity index (χ2v) is 9.37. The van der Waals surface area contributed by atoms with Crippen LogP contribution in [-0.4, -0.2) is 96.0 Å². The fraction of sp³-hybridized carbons (Fsp3) is 0.560. The lowest BCUT2D eigenvalue weighted by Gasteiger charge is -2.42. The maximum absolute atomic E-state index is 13.3.